The zero-order chi connectivity index (χ0) is 13.8. The van der Waals surface area contributed by atoms with E-state index in [1.807, 2.05) is 13.0 Å². The first kappa shape index (κ1) is 14.9. The number of benzene rings is 1. The Morgan fingerprint density at radius 1 is 1.37 bits per heavy atom. The molecule has 3 heteroatoms. The van der Waals surface area contributed by atoms with E-state index in [0.717, 1.165) is 16.6 Å². The Balaban J connectivity index is 2.28. The molecule has 0 spiro atoms. The standard InChI is InChI=1S/C16H24BrNO/c1-3-14-7-5-4-6-10-18(14)16-9-8-13(12(2)19)11-15(16)17/h8-9,11-12,14,19H,3-7,10H2,1-2H3/t12-,14?/m0/s1. The predicted octanol–water partition coefficient (Wildman–Crippen LogP) is 4.66. The Morgan fingerprint density at radius 2 is 2.16 bits per heavy atom. The minimum atomic E-state index is -0.406. The van der Waals surface area contributed by atoms with Crippen LogP contribution in [0.15, 0.2) is 22.7 Å². The van der Waals surface area contributed by atoms with Gasteiger partial charge in [0.25, 0.3) is 0 Å². The number of anilines is 1. The molecular formula is C16H24BrNO. The largest absolute Gasteiger partial charge is 0.389 e. The summed E-state index contributed by atoms with van der Waals surface area (Å²) in [4.78, 5) is 2.54. The molecule has 1 fully saturated rings. The predicted molar refractivity (Wildman–Crippen MR) is 84.7 cm³/mol. The van der Waals surface area contributed by atoms with Crippen LogP contribution in [0.4, 0.5) is 5.69 Å². The van der Waals surface area contributed by atoms with E-state index in [4.69, 9.17) is 0 Å². The van der Waals surface area contributed by atoms with Gasteiger partial charge in [0.1, 0.15) is 0 Å². The summed E-state index contributed by atoms with van der Waals surface area (Å²) in [5.74, 6) is 0. The van der Waals surface area contributed by atoms with Gasteiger partial charge in [-0.15, -0.1) is 0 Å². The molecule has 0 bridgehead atoms. The van der Waals surface area contributed by atoms with Gasteiger partial charge in [0.05, 0.1) is 11.8 Å². The molecule has 1 heterocycles. The second-order valence-corrected chi connectivity index (χ2v) is 6.35. The molecule has 1 aliphatic heterocycles. The summed E-state index contributed by atoms with van der Waals surface area (Å²) >= 11 is 3.68. The van der Waals surface area contributed by atoms with E-state index in [1.165, 1.54) is 37.8 Å². The third kappa shape index (κ3) is 3.51. The summed E-state index contributed by atoms with van der Waals surface area (Å²) in [6, 6.07) is 6.90. The molecule has 0 amide bonds. The maximum absolute atomic E-state index is 9.66. The molecule has 0 radical (unpaired) electrons. The quantitative estimate of drug-likeness (QED) is 0.873. The van der Waals surface area contributed by atoms with E-state index >= 15 is 0 Å². The van der Waals surface area contributed by atoms with Gasteiger partial charge in [-0.1, -0.05) is 25.8 Å². The van der Waals surface area contributed by atoms with E-state index in [1.54, 1.807) is 0 Å². The molecule has 0 aromatic heterocycles. The second kappa shape index (κ2) is 6.76. The zero-order valence-corrected chi connectivity index (χ0v) is 13.5. The normalized spacial score (nSPS) is 22.1. The van der Waals surface area contributed by atoms with Gasteiger partial charge in [0.15, 0.2) is 0 Å². The van der Waals surface area contributed by atoms with Crippen molar-refractivity contribution in [1.82, 2.24) is 0 Å². The van der Waals surface area contributed by atoms with Crippen LogP contribution in [0.3, 0.4) is 0 Å². The monoisotopic (exact) mass is 325 g/mol. The number of halogens is 1. The third-order valence-corrected chi connectivity index (χ3v) is 4.75. The first-order chi connectivity index (χ1) is 9.13. The zero-order valence-electron chi connectivity index (χ0n) is 11.9. The first-order valence-electron chi connectivity index (χ1n) is 7.37. The molecule has 2 atom stereocenters. The van der Waals surface area contributed by atoms with Crippen LogP contribution < -0.4 is 4.90 Å². The fourth-order valence-electron chi connectivity index (χ4n) is 2.93. The van der Waals surface area contributed by atoms with Crippen LogP contribution in [0.25, 0.3) is 0 Å². The molecule has 2 nitrogen and oxygen atoms in total. The molecule has 1 aliphatic rings. The fourth-order valence-corrected chi connectivity index (χ4v) is 3.56. The Morgan fingerprint density at radius 3 is 2.79 bits per heavy atom. The van der Waals surface area contributed by atoms with Crippen LogP contribution in [0.1, 0.15) is 57.6 Å². The van der Waals surface area contributed by atoms with E-state index in [2.05, 4.69) is 39.9 Å². The molecule has 0 saturated carbocycles. The summed E-state index contributed by atoms with van der Waals surface area (Å²) in [5.41, 5.74) is 2.25. The Hall–Kier alpha value is -0.540. The minimum Gasteiger partial charge on any atom is -0.389 e. The van der Waals surface area contributed by atoms with Gasteiger partial charge in [0, 0.05) is 17.1 Å². The van der Waals surface area contributed by atoms with Crippen LogP contribution in [0, 0.1) is 0 Å². The molecule has 1 N–H and O–H groups in total. The first-order valence-corrected chi connectivity index (χ1v) is 8.17. The molecule has 1 aromatic rings. The molecule has 1 saturated heterocycles. The van der Waals surface area contributed by atoms with Gasteiger partial charge in [-0.3, -0.25) is 0 Å². The number of hydrogen-bond acceptors (Lipinski definition) is 2. The Kier molecular flexibility index (Phi) is 5.28. The third-order valence-electron chi connectivity index (χ3n) is 4.11. The van der Waals surface area contributed by atoms with Crippen LogP contribution in [-0.4, -0.2) is 17.7 Å². The lowest BCUT2D eigenvalue weighted by molar-refractivity contribution is 0.199. The van der Waals surface area contributed by atoms with Gasteiger partial charge in [-0.2, -0.15) is 0 Å². The highest BCUT2D eigenvalue weighted by atomic mass is 79.9. The van der Waals surface area contributed by atoms with Crippen molar-refractivity contribution < 1.29 is 5.11 Å². The molecule has 1 aromatic carbocycles. The lowest BCUT2D eigenvalue weighted by atomic mass is 10.1. The van der Waals surface area contributed by atoms with Crippen LogP contribution >= 0.6 is 15.9 Å². The Labute approximate surface area is 124 Å². The van der Waals surface area contributed by atoms with Crippen LogP contribution in [0.2, 0.25) is 0 Å². The SMILES string of the molecule is CCC1CCCCCN1c1ccc([C@H](C)O)cc1Br. The lowest BCUT2D eigenvalue weighted by Crippen LogP contribution is -2.34. The minimum absolute atomic E-state index is 0.406. The smallest absolute Gasteiger partial charge is 0.0762 e. The van der Waals surface area contributed by atoms with Crippen molar-refractivity contribution >= 4 is 21.6 Å². The second-order valence-electron chi connectivity index (χ2n) is 5.49. The van der Waals surface area contributed by atoms with E-state index in [9.17, 15) is 5.11 Å². The summed E-state index contributed by atoms with van der Waals surface area (Å²) in [7, 11) is 0. The highest BCUT2D eigenvalue weighted by Crippen LogP contribution is 2.33. The van der Waals surface area contributed by atoms with Crippen molar-refractivity contribution in [3.8, 4) is 0 Å². The number of rotatable bonds is 3. The van der Waals surface area contributed by atoms with Gasteiger partial charge in [-0.25, -0.2) is 0 Å². The van der Waals surface area contributed by atoms with Crippen molar-refractivity contribution in [3.05, 3.63) is 28.2 Å². The molecular weight excluding hydrogens is 302 g/mol. The van der Waals surface area contributed by atoms with Gasteiger partial charge in [-0.05, 0) is 59.8 Å². The maximum atomic E-state index is 9.66. The van der Waals surface area contributed by atoms with E-state index < -0.39 is 6.10 Å². The molecule has 1 unspecified atom stereocenters. The molecule has 2 rings (SSSR count). The highest BCUT2D eigenvalue weighted by Gasteiger charge is 2.21. The average Bonchev–Trinajstić information content (AvgIpc) is 2.63. The maximum Gasteiger partial charge on any atom is 0.0762 e. The van der Waals surface area contributed by atoms with Gasteiger partial charge >= 0.3 is 0 Å². The van der Waals surface area contributed by atoms with Crippen molar-refractivity contribution in [1.29, 1.82) is 0 Å². The summed E-state index contributed by atoms with van der Waals surface area (Å²) in [5, 5.41) is 9.66. The molecule has 106 valence electrons. The number of aliphatic hydroxyl groups excluding tert-OH is 1. The van der Waals surface area contributed by atoms with Crippen molar-refractivity contribution in [2.24, 2.45) is 0 Å². The Bertz CT molecular complexity index is 419. The average molecular weight is 326 g/mol. The van der Waals surface area contributed by atoms with Gasteiger partial charge < -0.3 is 10.0 Å². The topological polar surface area (TPSA) is 23.5 Å². The summed E-state index contributed by atoms with van der Waals surface area (Å²) in [6.07, 6.45) is 6.05. The lowest BCUT2D eigenvalue weighted by Gasteiger charge is -2.32. The summed E-state index contributed by atoms with van der Waals surface area (Å²) < 4.78 is 1.10. The van der Waals surface area contributed by atoms with E-state index in [0.29, 0.717) is 6.04 Å². The molecule has 19 heavy (non-hydrogen) atoms. The van der Waals surface area contributed by atoms with E-state index in [-0.39, 0.29) is 0 Å². The fraction of sp³-hybridized carbons (Fsp3) is 0.625. The van der Waals surface area contributed by atoms with Crippen molar-refractivity contribution in [2.45, 2.75) is 58.1 Å². The van der Waals surface area contributed by atoms with Crippen molar-refractivity contribution in [3.63, 3.8) is 0 Å². The number of aliphatic hydroxyl groups is 1. The number of nitrogens with zero attached hydrogens (tertiary/aromatic N) is 1. The van der Waals surface area contributed by atoms with Crippen molar-refractivity contribution in [2.75, 3.05) is 11.4 Å². The summed E-state index contributed by atoms with van der Waals surface area (Å²) in [6.45, 7) is 5.23. The van der Waals surface area contributed by atoms with Crippen LogP contribution in [0.5, 0.6) is 0 Å². The highest BCUT2D eigenvalue weighted by molar-refractivity contribution is 9.10. The van der Waals surface area contributed by atoms with Crippen LogP contribution in [-0.2, 0) is 0 Å². The van der Waals surface area contributed by atoms with Gasteiger partial charge in [0.2, 0.25) is 0 Å². The number of hydrogen-bond donors (Lipinski definition) is 1. The molecule has 0 aliphatic carbocycles.